The van der Waals surface area contributed by atoms with Crippen molar-refractivity contribution in [1.29, 1.82) is 0 Å². The van der Waals surface area contributed by atoms with Crippen LogP contribution in [0.4, 0.5) is 24.7 Å². The van der Waals surface area contributed by atoms with E-state index < -0.39 is 17.8 Å². The zero-order valence-electron chi connectivity index (χ0n) is 20.9. The number of alkyl halides is 3. The summed E-state index contributed by atoms with van der Waals surface area (Å²) >= 11 is 0. The lowest BCUT2D eigenvalue weighted by Gasteiger charge is -2.30. The summed E-state index contributed by atoms with van der Waals surface area (Å²) in [6.07, 6.45) is 5.12. The Bertz CT molecular complexity index is 1240. The van der Waals surface area contributed by atoms with E-state index in [9.17, 15) is 18.0 Å². The summed E-state index contributed by atoms with van der Waals surface area (Å²) in [4.78, 5) is 21.3. The first-order valence-electron chi connectivity index (χ1n) is 12.8. The maximum atomic E-state index is 13.8. The van der Waals surface area contributed by atoms with Gasteiger partial charge in [-0.2, -0.15) is 18.3 Å². The molecule has 0 atom stereocenters. The molecule has 198 valence electrons. The number of carbonyl (C=O) groups is 1. The highest BCUT2D eigenvalue weighted by Gasteiger charge is 2.39. The Morgan fingerprint density at radius 1 is 1.19 bits per heavy atom. The Kier molecular flexibility index (Phi) is 6.96. The molecule has 8 nitrogen and oxygen atoms in total. The van der Waals surface area contributed by atoms with Crippen LogP contribution in [0.1, 0.15) is 74.6 Å². The molecule has 3 aromatic rings. The molecule has 0 aromatic carbocycles. The van der Waals surface area contributed by atoms with E-state index >= 15 is 0 Å². The molecule has 2 fully saturated rings. The summed E-state index contributed by atoms with van der Waals surface area (Å²) < 4.78 is 48.1. The van der Waals surface area contributed by atoms with E-state index in [1.807, 2.05) is 0 Å². The topological polar surface area (TPSA) is 97.9 Å². The fraction of sp³-hybridized carbons (Fsp3) is 0.538. The molecule has 0 bridgehead atoms. The standard InChI is InChI=1S/C26H31F3N6O2/c1-15(2)17-5-7-19(8-6-17)35-13-20(23(34-35)26(27,28)29)32-24(36)21-14-37-25(33-21)18-9-10-30-22(11-18)31-12-16-3-4-16/h9-11,13-17,19H,3-8,12H2,1-2H3,(H,30,31)(H,32,36)/t17-,19+. The molecule has 0 unspecified atom stereocenters. The molecule has 0 saturated heterocycles. The van der Waals surface area contributed by atoms with Crippen LogP contribution in [-0.2, 0) is 6.18 Å². The van der Waals surface area contributed by atoms with Crippen molar-refractivity contribution in [3.8, 4) is 11.5 Å². The number of rotatable bonds is 8. The number of anilines is 2. The smallest absolute Gasteiger partial charge is 0.437 e. The SMILES string of the molecule is CC(C)[C@H]1CC[C@@H](n2cc(NC(=O)c3coc(-c4ccnc(NCC5CC5)c4)n3)c(C(F)(F)F)n2)CC1. The minimum absolute atomic E-state index is 0.127. The number of nitrogens with zero attached hydrogens (tertiary/aromatic N) is 4. The average molecular weight is 517 g/mol. The van der Waals surface area contributed by atoms with Crippen molar-refractivity contribution in [1.82, 2.24) is 19.7 Å². The highest BCUT2D eigenvalue weighted by Crippen LogP contribution is 2.39. The van der Waals surface area contributed by atoms with Gasteiger partial charge in [-0.25, -0.2) is 9.97 Å². The maximum absolute atomic E-state index is 13.8. The Morgan fingerprint density at radius 2 is 1.95 bits per heavy atom. The molecule has 0 spiro atoms. The highest BCUT2D eigenvalue weighted by atomic mass is 19.4. The van der Waals surface area contributed by atoms with Gasteiger partial charge in [0.15, 0.2) is 11.4 Å². The van der Waals surface area contributed by atoms with Gasteiger partial charge in [0, 0.05) is 24.5 Å². The molecule has 37 heavy (non-hydrogen) atoms. The predicted molar refractivity (Wildman–Crippen MR) is 132 cm³/mol. The normalized spacial score (nSPS) is 20.3. The summed E-state index contributed by atoms with van der Waals surface area (Å²) in [7, 11) is 0. The minimum Gasteiger partial charge on any atom is -0.444 e. The zero-order valence-corrected chi connectivity index (χ0v) is 20.9. The molecule has 2 N–H and O–H groups in total. The number of nitrogens with one attached hydrogen (secondary N) is 2. The number of oxazole rings is 1. The number of amides is 1. The fourth-order valence-corrected chi connectivity index (χ4v) is 4.84. The van der Waals surface area contributed by atoms with Crippen LogP contribution in [0.25, 0.3) is 11.5 Å². The maximum Gasteiger partial charge on any atom is 0.437 e. The van der Waals surface area contributed by atoms with Crippen LogP contribution in [0, 0.1) is 17.8 Å². The molecule has 2 aliphatic carbocycles. The highest BCUT2D eigenvalue weighted by molar-refractivity contribution is 6.03. The van der Waals surface area contributed by atoms with Crippen LogP contribution in [0.3, 0.4) is 0 Å². The molecule has 3 heterocycles. The quantitative estimate of drug-likeness (QED) is 0.359. The molecule has 3 aromatic heterocycles. The third kappa shape index (κ3) is 5.97. The van der Waals surface area contributed by atoms with E-state index in [2.05, 4.69) is 39.5 Å². The third-order valence-electron chi connectivity index (χ3n) is 7.32. The number of hydrogen-bond donors (Lipinski definition) is 2. The summed E-state index contributed by atoms with van der Waals surface area (Å²) in [5.41, 5.74) is -1.02. The van der Waals surface area contributed by atoms with Crippen molar-refractivity contribution in [2.24, 2.45) is 17.8 Å². The van der Waals surface area contributed by atoms with Crippen LogP contribution in [-0.4, -0.2) is 32.2 Å². The summed E-state index contributed by atoms with van der Waals surface area (Å²) in [6, 6.07) is 3.32. The largest absolute Gasteiger partial charge is 0.444 e. The van der Waals surface area contributed by atoms with Gasteiger partial charge in [0.05, 0.1) is 11.7 Å². The first-order valence-corrected chi connectivity index (χ1v) is 12.8. The second-order valence-corrected chi connectivity index (χ2v) is 10.4. The van der Waals surface area contributed by atoms with E-state index in [-0.39, 0.29) is 23.3 Å². The lowest BCUT2D eigenvalue weighted by atomic mass is 9.80. The van der Waals surface area contributed by atoms with Gasteiger partial charge < -0.3 is 15.1 Å². The molecule has 2 saturated carbocycles. The molecule has 1 amide bonds. The van der Waals surface area contributed by atoms with E-state index in [0.29, 0.717) is 29.1 Å². The van der Waals surface area contributed by atoms with Crippen molar-refractivity contribution in [3.63, 3.8) is 0 Å². The summed E-state index contributed by atoms with van der Waals surface area (Å²) in [5.74, 6) is 1.83. The van der Waals surface area contributed by atoms with Crippen LogP contribution in [0.2, 0.25) is 0 Å². The van der Waals surface area contributed by atoms with E-state index in [1.54, 1.807) is 18.3 Å². The molecule has 5 rings (SSSR count). The second kappa shape index (κ2) is 10.2. The number of pyridine rings is 1. The molecule has 0 aliphatic heterocycles. The zero-order chi connectivity index (χ0) is 26.2. The number of halogens is 3. The molecule has 0 radical (unpaired) electrons. The van der Waals surface area contributed by atoms with E-state index in [4.69, 9.17) is 4.42 Å². The summed E-state index contributed by atoms with van der Waals surface area (Å²) in [6.45, 7) is 5.18. The summed E-state index contributed by atoms with van der Waals surface area (Å²) in [5, 5.41) is 9.44. The third-order valence-corrected chi connectivity index (χ3v) is 7.32. The van der Waals surface area contributed by atoms with E-state index in [0.717, 1.165) is 38.5 Å². The lowest BCUT2D eigenvalue weighted by Crippen LogP contribution is -2.22. The van der Waals surface area contributed by atoms with Crippen molar-refractivity contribution in [3.05, 3.63) is 42.2 Å². The predicted octanol–water partition coefficient (Wildman–Crippen LogP) is 6.41. The number of aromatic nitrogens is 4. The molecule has 11 heteroatoms. The van der Waals surface area contributed by atoms with E-state index in [1.165, 1.54) is 23.7 Å². The van der Waals surface area contributed by atoms with Gasteiger partial charge in [-0.3, -0.25) is 9.48 Å². The van der Waals surface area contributed by atoms with Crippen molar-refractivity contribution in [2.45, 2.75) is 64.6 Å². The van der Waals surface area contributed by atoms with Crippen molar-refractivity contribution in [2.75, 3.05) is 17.2 Å². The first-order chi connectivity index (χ1) is 17.7. The van der Waals surface area contributed by atoms with Gasteiger partial charge in [0.2, 0.25) is 5.89 Å². The van der Waals surface area contributed by atoms with Crippen molar-refractivity contribution < 1.29 is 22.4 Å². The number of carbonyl (C=O) groups excluding carboxylic acids is 1. The van der Waals surface area contributed by atoms with Crippen LogP contribution < -0.4 is 10.6 Å². The monoisotopic (exact) mass is 516 g/mol. The van der Waals surface area contributed by atoms with Gasteiger partial charge in [0.1, 0.15) is 12.1 Å². The van der Waals surface area contributed by atoms with Crippen LogP contribution >= 0.6 is 0 Å². The fourth-order valence-electron chi connectivity index (χ4n) is 4.84. The molecule has 2 aliphatic rings. The lowest BCUT2D eigenvalue weighted by molar-refractivity contribution is -0.141. The Balaban J connectivity index is 1.29. The molecular weight excluding hydrogens is 485 g/mol. The van der Waals surface area contributed by atoms with Gasteiger partial charge in [-0.1, -0.05) is 13.8 Å². The average Bonchev–Trinajstić information content (AvgIpc) is 3.38. The minimum atomic E-state index is -4.71. The van der Waals surface area contributed by atoms with Crippen molar-refractivity contribution >= 4 is 17.4 Å². The Hall–Kier alpha value is -3.37. The van der Waals surface area contributed by atoms with Crippen LogP contribution in [0.5, 0.6) is 0 Å². The van der Waals surface area contributed by atoms with Gasteiger partial charge in [0.25, 0.3) is 5.91 Å². The second-order valence-electron chi connectivity index (χ2n) is 10.4. The Labute approximate surface area is 213 Å². The van der Waals surface area contributed by atoms with Gasteiger partial charge in [-0.05, 0) is 68.4 Å². The Morgan fingerprint density at radius 3 is 2.62 bits per heavy atom. The number of hydrogen-bond acceptors (Lipinski definition) is 6. The van der Waals surface area contributed by atoms with Gasteiger partial charge in [-0.15, -0.1) is 0 Å². The van der Waals surface area contributed by atoms with Gasteiger partial charge >= 0.3 is 6.18 Å². The van der Waals surface area contributed by atoms with Crippen LogP contribution in [0.15, 0.2) is 35.2 Å². The first kappa shape index (κ1) is 25.3. The molecular formula is C26H31F3N6O2.